The number of hydrogen-bond donors (Lipinski definition) is 1. The van der Waals surface area contributed by atoms with Gasteiger partial charge in [-0.2, -0.15) is 0 Å². The third-order valence-electron chi connectivity index (χ3n) is 4.82. The fourth-order valence-electron chi connectivity index (χ4n) is 3.35. The number of nitrogens with zero attached hydrogens (tertiary/aromatic N) is 1. The zero-order valence-electron chi connectivity index (χ0n) is 13.8. The number of piperazine rings is 1. The number of amides is 2. The van der Waals surface area contributed by atoms with Gasteiger partial charge in [0.2, 0.25) is 11.8 Å². The van der Waals surface area contributed by atoms with Crippen molar-refractivity contribution in [2.75, 3.05) is 0 Å². The van der Waals surface area contributed by atoms with Crippen molar-refractivity contribution in [1.29, 1.82) is 0 Å². The second-order valence-electron chi connectivity index (χ2n) is 6.11. The summed E-state index contributed by atoms with van der Waals surface area (Å²) in [6.07, 6.45) is 3.12. The summed E-state index contributed by atoms with van der Waals surface area (Å²) < 4.78 is 0. The van der Waals surface area contributed by atoms with Gasteiger partial charge in [0.25, 0.3) is 0 Å². The molecule has 1 rings (SSSR count). The van der Waals surface area contributed by atoms with E-state index < -0.39 is 5.54 Å². The molecule has 0 aromatic heterocycles. The molecule has 4 heteroatoms. The summed E-state index contributed by atoms with van der Waals surface area (Å²) in [7, 11) is 0. The van der Waals surface area contributed by atoms with Gasteiger partial charge < -0.3 is 10.2 Å². The molecule has 1 unspecified atom stereocenters. The Morgan fingerprint density at radius 1 is 1.10 bits per heavy atom. The minimum absolute atomic E-state index is 0.0210. The van der Waals surface area contributed by atoms with Crippen molar-refractivity contribution < 1.29 is 9.59 Å². The van der Waals surface area contributed by atoms with Crippen LogP contribution in [-0.4, -0.2) is 34.3 Å². The Morgan fingerprint density at radius 3 is 1.95 bits per heavy atom. The van der Waals surface area contributed by atoms with Crippen LogP contribution in [-0.2, 0) is 9.59 Å². The standard InChI is InChI=1S/C16H30N2O2/c1-7-12(8-2)18-14(19)13(11(5)6)17-15(20)16(18,9-3)10-4/h11-13H,7-10H2,1-6H3,(H,17,20). The van der Waals surface area contributed by atoms with E-state index in [1.54, 1.807) is 0 Å². The molecule has 1 saturated heterocycles. The summed E-state index contributed by atoms with van der Waals surface area (Å²) >= 11 is 0. The SMILES string of the molecule is CCC(CC)N1C(=O)C(C(C)C)NC(=O)C1(CC)CC. The number of carbonyl (C=O) groups excluding carboxylic acids is 2. The zero-order valence-corrected chi connectivity index (χ0v) is 13.8. The van der Waals surface area contributed by atoms with Gasteiger partial charge in [0.1, 0.15) is 11.6 Å². The monoisotopic (exact) mass is 282 g/mol. The quantitative estimate of drug-likeness (QED) is 0.814. The number of carbonyl (C=O) groups is 2. The van der Waals surface area contributed by atoms with Gasteiger partial charge in [0.05, 0.1) is 0 Å². The van der Waals surface area contributed by atoms with Gasteiger partial charge >= 0.3 is 0 Å². The Kier molecular flexibility index (Phi) is 5.60. The van der Waals surface area contributed by atoms with Crippen molar-refractivity contribution in [3.63, 3.8) is 0 Å². The van der Waals surface area contributed by atoms with Crippen LogP contribution in [0.4, 0.5) is 0 Å². The zero-order chi connectivity index (χ0) is 15.5. The van der Waals surface area contributed by atoms with Crippen LogP contribution < -0.4 is 5.32 Å². The first-order chi connectivity index (χ1) is 9.39. The third kappa shape index (κ3) is 2.57. The molecule has 1 N–H and O–H groups in total. The van der Waals surface area contributed by atoms with Gasteiger partial charge in [-0.25, -0.2) is 0 Å². The Labute approximate surface area is 123 Å². The minimum Gasteiger partial charge on any atom is -0.342 e. The van der Waals surface area contributed by atoms with Gasteiger partial charge in [-0.1, -0.05) is 41.5 Å². The molecule has 116 valence electrons. The van der Waals surface area contributed by atoms with Gasteiger partial charge in [0.15, 0.2) is 0 Å². The summed E-state index contributed by atoms with van der Waals surface area (Å²) in [6.45, 7) is 12.2. The molecular weight excluding hydrogens is 252 g/mol. The topological polar surface area (TPSA) is 49.4 Å². The van der Waals surface area contributed by atoms with E-state index >= 15 is 0 Å². The van der Waals surface area contributed by atoms with Crippen molar-refractivity contribution in [3.05, 3.63) is 0 Å². The molecule has 0 bridgehead atoms. The molecule has 20 heavy (non-hydrogen) atoms. The second kappa shape index (κ2) is 6.59. The Hall–Kier alpha value is -1.06. The first-order valence-corrected chi connectivity index (χ1v) is 8.03. The molecule has 4 nitrogen and oxygen atoms in total. The van der Waals surface area contributed by atoms with Gasteiger partial charge in [-0.15, -0.1) is 0 Å². The van der Waals surface area contributed by atoms with Crippen molar-refractivity contribution in [3.8, 4) is 0 Å². The lowest BCUT2D eigenvalue weighted by Gasteiger charge is -2.51. The molecule has 1 aliphatic heterocycles. The fraction of sp³-hybridized carbons (Fsp3) is 0.875. The van der Waals surface area contributed by atoms with Crippen LogP contribution in [0.1, 0.15) is 67.2 Å². The number of rotatable bonds is 6. The van der Waals surface area contributed by atoms with E-state index in [9.17, 15) is 9.59 Å². The molecule has 1 atom stereocenters. The maximum Gasteiger partial charge on any atom is 0.246 e. The fourth-order valence-corrected chi connectivity index (χ4v) is 3.35. The molecule has 0 radical (unpaired) electrons. The average molecular weight is 282 g/mol. The Morgan fingerprint density at radius 2 is 1.60 bits per heavy atom. The van der Waals surface area contributed by atoms with Crippen LogP contribution in [0.25, 0.3) is 0 Å². The summed E-state index contributed by atoms with van der Waals surface area (Å²) in [5.74, 6) is 0.236. The molecule has 0 aromatic rings. The van der Waals surface area contributed by atoms with Crippen molar-refractivity contribution in [2.45, 2.75) is 84.8 Å². The highest BCUT2D eigenvalue weighted by molar-refractivity contribution is 6.00. The van der Waals surface area contributed by atoms with Crippen LogP contribution >= 0.6 is 0 Å². The van der Waals surface area contributed by atoms with E-state index in [1.807, 2.05) is 32.6 Å². The lowest BCUT2D eigenvalue weighted by atomic mass is 9.82. The van der Waals surface area contributed by atoms with Gasteiger partial charge in [-0.3, -0.25) is 9.59 Å². The van der Waals surface area contributed by atoms with E-state index in [2.05, 4.69) is 19.2 Å². The van der Waals surface area contributed by atoms with Crippen molar-refractivity contribution in [1.82, 2.24) is 10.2 Å². The van der Waals surface area contributed by atoms with E-state index in [1.165, 1.54) is 0 Å². The largest absolute Gasteiger partial charge is 0.342 e. The lowest BCUT2D eigenvalue weighted by molar-refractivity contribution is -0.163. The minimum atomic E-state index is -0.668. The molecule has 1 aliphatic rings. The molecule has 1 fully saturated rings. The molecule has 0 aromatic carbocycles. The number of hydrogen-bond acceptors (Lipinski definition) is 2. The maximum absolute atomic E-state index is 12.9. The van der Waals surface area contributed by atoms with E-state index in [-0.39, 0.29) is 29.8 Å². The van der Waals surface area contributed by atoms with E-state index in [0.29, 0.717) is 12.8 Å². The summed E-state index contributed by atoms with van der Waals surface area (Å²) in [5.41, 5.74) is -0.668. The molecule has 1 heterocycles. The highest BCUT2D eigenvalue weighted by Crippen LogP contribution is 2.33. The van der Waals surface area contributed by atoms with Gasteiger partial charge in [-0.05, 0) is 31.6 Å². The summed E-state index contributed by atoms with van der Waals surface area (Å²) in [6, 6.07) is -0.232. The predicted molar refractivity (Wildman–Crippen MR) is 81.3 cm³/mol. The van der Waals surface area contributed by atoms with Crippen LogP contribution in [0, 0.1) is 5.92 Å². The average Bonchev–Trinajstić information content (AvgIpc) is 2.43. The van der Waals surface area contributed by atoms with Crippen LogP contribution in [0.3, 0.4) is 0 Å². The highest BCUT2D eigenvalue weighted by Gasteiger charge is 2.52. The molecular formula is C16H30N2O2. The normalized spacial score (nSPS) is 22.6. The first-order valence-electron chi connectivity index (χ1n) is 8.03. The second-order valence-corrected chi connectivity index (χ2v) is 6.11. The van der Waals surface area contributed by atoms with Crippen molar-refractivity contribution in [2.24, 2.45) is 5.92 Å². The van der Waals surface area contributed by atoms with Crippen LogP contribution in [0.15, 0.2) is 0 Å². The molecule has 0 aliphatic carbocycles. The lowest BCUT2D eigenvalue weighted by Crippen LogP contribution is -2.73. The van der Waals surface area contributed by atoms with Crippen LogP contribution in [0.2, 0.25) is 0 Å². The summed E-state index contributed by atoms with van der Waals surface area (Å²) in [4.78, 5) is 27.5. The molecule has 0 saturated carbocycles. The van der Waals surface area contributed by atoms with Gasteiger partial charge in [0, 0.05) is 6.04 Å². The number of nitrogens with one attached hydrogen (secondary N) is 1. The molecule has 2 amide bonds. The Balaban J connectivity index is 3.30. The Bertz CT molecular complexity index is 357. The maximum atomic E-state index is 12.9. The third-order valence-corrected chi connectivity index (χ3v) is 4.82. The van der Waals surface area contributed by atoms with Crippen molar-refractivity contribution >= 4 is 11.8 Å². The predicted octanol–water partition coefficient (Wildman–Crippen LogP) is 2.72. The molecule has 0 spiro atoms. The highest BCUT2D eigenvalue weighted by atomic mass is 16.2. The summed E-state index contributed by atoms with van der Waals surface area (Å²) in [5, 5.41) is 2.96. The van der Waals surface area contributed by atoms with E-state index in [0.717, 1.165) is 12.8 Å². The smallest absolute Gasteiger partial charge is 0.246 e. The first kappa shape index (κ1) is 17.0. The van der Waals surface area contributed by atoms with E-state index in [4.69, 9.17) is 0 Å². The van der Waals surface area contributed by atoms with Crippen LogP contribution in [0.5, 0.6) is 0 Å².